The molecule has 0 aliphatic carbocycles. The molecule has 0 atom stereocenters. The Labute approximate surface area is 363 Å². The van der Waals surface area contributed by atoms with E-state index in [0.29, 0.717) is 0 Å². The first-order valence-electron chi connectivity index (χ1n) is 21.5. The van der Waals surface area contributed by atoms with Crippen molar-refractivity contribution >= 4 is 65.4 Å². The second kappa shape index (κ2) is 14.1. The zero-order chi connectivity index (χ0) is 41.4. The largest absolute Gasteiger partial charge is 0.309 e. The van der Waals surface area contributed by atoms with Crippen LogP contribution in [0.3, 0.4) is 0 Å². The van der Waals surface area contributed by atoms with Crippen LogP contribution >= 0.6 is 0 Å². The van der Waals surface area contributed by atoms with Crippen molar-refractivity contribution in [2.45, 2.75) is 0 Å². The van der Waals surface area contributed by atoms with Gasteiger partial charge in [-0.2, -0.15) is 0 Å². The third-order valence-corrected chi connectivity index (χ3v) is 12.8. The molecule has 4 heterocycles. The maximum atomic E-state index is 5.56. The fraction of sp³-hybridized carbons (Fsp3) is 0. The van der Waals surface area contributed by atoms with E-state index in [1.54, 1.807) is 0 Å². The summed E-state index contributed by atoms with van der Waals surface area (Å²) < 4.78 is 7.20. The van der Waals surface area contributed by atoms with Gasteiger partial charge in [0.2, 0.25) is 0 Å². The van der Waals surface area contributed by atoms with E-state index in [1.165, 1.54) is 65.4 Å². The minimum atomic E-state index is 0.905. The minimum absolute atomic E-state index is 0.905. The van der Waals surface area contributed by atoms with Crippen molar-refractivity contribution in [3.05, 3.63) is 231 Å². The highest BCUT2D eigenvalue weighted by atomic mass is 15.0. The Morgan fingerprint density at radius 2 is 0.556 bits per heavy atom. The molecule has 13 aromatic rings. The van der Waals surface area contributed by atoms with Gasteiger partial charge in [-0.05, 0) is 90.0 Å². The predicted molar refractivity (Wildman–Crippen MR) is 264 cm³/mol. The molecule has 4 nitrogen and oxygen atoms in total. The predicted octanol–water partition coefficient (Wildman–Crippen LogP) is 15.4. The lowest BCUT2D eigenvalue weighted by atomic mass is 9.99. The molecular weight excluding hydrogens is 765 g/mol. The molecule has 4 heteroatoms. The van der Waals surface area contributed by atoms with Crippen LogP contribution in [0.4, 0.5) is 0 Å². The van der Waals surface area contributed by atoms with Crippen LogP contribution in [0.15, 0.2) is 231 Å². The Balaban J connectivity index is 1.05. The van der Waals surface area contributed by atoms with E-state index < -0.39 is 0 Å². The van der Waals surface area contributed by atoms with Crippen molar-refractivity contribution < 1.29 is 0 Å². The van der Waals surface area contributed by atoms with E-state index >= 15 is 0 Å². The molecule has 63 heavy (non-hydrogen) atoms. The van der Waals surface area contributed by atoms with Crippen LogP contribution in [0, 0.1) is 0 Å². The Hall–Kier alpha value is -8.47. The Bertz CT molecular complexity index is 3610. The third-order valence-electron chi connectivity index (χ3n) is 12.8. The van der Waals surface area contributed by atoms with Gasteiger partial charge in [0, 0.05) is 60.5 Å². The van der Waals surface area contributed by atoms with Crippen LogP contribution in [0.2, 0.25) is 0 Å². The standard InChI is InChI=1S/C59H38N4/c1-2-16-39(17-3-1)41-36-52(40-30-32-43(33-31-40)61-54-24-10-4-18-46(54)47-19-5-11-25-55(47)61)60-53(37-41)42-34-44(62-56-26-12-6-20-48(56)49-21-7-13-27-57(49)62)38-45(35-42)63-58-28-14-8-22-50(58)51-23-9-15-29-59(51)63/h1-38H. The molecule has 0 saturated carbocycles. The van der Waals surface area contributed by atoms with Crippen molar-refractivity contribution in [2.75, 3.05) is 0 Å². The lowest BCUT2D eigenvalue weighted by Crippen LogP contribution is -2.01. The van der Waals surface area contributed by atoms with Gasteiger partial charge in [0.05, 0.1) is 44.5 Å². The summed E-state index contributed by atoms with van der Waals surface area (Å²) in [5.74, 6) is 0. The first-order valence-corrected chi connectivity index (χ1v) is 21.5. The first kappa shape index (κ1) is 35.3. The highest BCUT2D eigenvalue weighted by Gasteiger charge is 2.19. The SMILES string of the molecule is c1ccc(-c2cc(-c3ccc(-n4c5ccccc5c5ccccc54)cc3)nc(-c3cc(-n4c5ccccc5c5ccccc54)cc(-n4c5ccccc5c5ccccc54)c3)c2)cc1. The van der Waals surface area contributed by atoms with Gasteiger partial charge in [-0.25, -0.2) is 4.98 Å². The second-order valence-corrected chi connectivity index (χ2v) is 16.4. The van der Waals surface area contributed by atoms with Crippen LogP contribution in [-0.2, 0) is 0 Å². The average Bonchev–Trinajstić information content (AvgIpc) is 4.00. The van der Waals surface area contributed by atoms with Crippen LogP contribution in [-0.4, -0.2) is 18.7 Å². The average molecular weight is 803 g/mol. The lowest BCUT2D eigenvalue weighted by molar-refractivity contribution is 1.13. The summed E-state index contributed by atoms with van der Waals surface area (Å²) in [7, 11) is 0. The van der Waals surface area contributed by atoms with Gasteiger partial charge in [0.1, 0.15) is 0 Å². The summed E-state index contributed by atoms with van der Waals surface area (Å²) in [6.07, 6.45) is 0. The van der Waals surface area contributed by atoms with E-state index in [4.69, 9.17) is 4.98 Å². The normalized spacial score (nSPS) is 11.8. The molecule has 4 aromatic heterocycles. The summed E-state index contributed by atoms with van der Waals surface area (Å²) in [4.78, 5) is 5.56. The molecule has 0 unspecified atom stereocenters. The van der Waals surface area contributed by atoms with Gasteiger partial charge in [-0.1, -0.05) is 152 Å². The maximum absolute atomic E-state index is 5.56. The highest BCUT2D eigenvalue weighted by Crippen LogP contribution is 2.39. The summed E-state index contributed by atoms with van der Waals surface area (Å²) in [5, 5.41) is 7.42. The van der Waals surface area contributed by atoms with Crippen LogP contribution in [0.5, 0.6) is 0 Å². The number of nitrogens with zero attached hydrogens (tertiary/aromatic N) is 4. The highest BCUT2D eigenvalue weighted by molar-refractivity contribution is 6.11. The lowest BCUT2D eigenvalue weighted by Gasteiger charge is -2.17. The second-order valence-electron chi connectivity index (χ2n) is 16.4. The molecule has 0 aliphatic rings. The molecular formula is C59H38N4. The number of hydrogen-bond acceptors (Lipinski definition) is 1. The number of benzene rings is 9. The molecule has 0 radical (unpaired) electrons. The molecule has 0 spiro atoms. The van der Waals surface area contributed by atoms with Crippen molar-refractivity contribution in [2.24, 2.45) is 0 Å². The summed E-state index contributed by atoms with van der Waals surface area (Å²) in [6.45, 7) is 0. The van der Waals surface area contributed by atoms with Gasteiger partial charge in [0.25, 0.3) is 0 Å². The number of para-hydroxylation sites is 6. The summed E-state index contributed by atoms with van der Waals surface area (Å²) >= 11 is 0. The number of fused-ring (bicyclic) bond motifs is 9. The molecule has 0 N–H and O–H groups in total. The van der Waals surface area contributed by atoms with Gasteiger partial charge in [-0.3, -0.25) is 0 Å². The van der Waals surface area contributed by atoms with Crippen molar-refractivity contribution in [1.82, 2.24) is 18.7 Å². The van der Waals surface area contributed by atoms with E-state index in [2.05, 4.69) is 244 Å². The van der Waals surface area contributed by atoms with E-state index in [9.17, 15) is 0 Å². The zero-order valence-electron chi connectivity index (χ0n) is 34.2. The number of rotatable bonds is 6. The van der Waals surface area contributed by atoms with Crippen molar-refractivity contribution in [3.63, 3.8) is 0 Å². The fourth-order valence-electron chi connectivity index (χ4n) is 10.0. The third kappa shape index (κ3) is 5.59. The van der Waals surface area contributed by atoms with E-state index in [-0.39, 0.29) is 0 Å². The molecule has 13 rings (SSSR count). The summed E-state index contributed by atoms with van der Waals surface area (Å²) in [5.41, 5.74) is 16.5. The van der Waals surface area contributed by atoms with E-state index in [1.807, 2.05) is 0 Å². The smallest absolute Gasteiger partial charge is 0.0717 e. The molecule has 0 aliphatic heterocycles. The van der Waals surface area contributed by atoms with Crippen LogP contribution in [0.25, 0.3) is 116 Å². The van der Waals surface area contributed by atoms with Gasteiger partial charge < -0.3 is 13.7 Å². The number of aromatic nitrogens is 4. The first-order chi connectivity index (χ1) is 31.2. The van der Waals surface area contributed by atoms with Crippen molar-refractivity contribution in [3.8, 4) is 50.7 Å². The minimum Gasteiger partial charge on any atom is -0.309 e. The fourth-order valence-corrected chi connectivity index (χ4v) is 10.0. The monoisotopic (exact) mass is 802 g/mol. The Kier molecular flexibility index (Phi) is 7.87. The molecule has 0 bridgehead atoms. The molecule has 9 aromatic carbocycles. The maximum Gasteiger partial charge on any atom is 0.0717 e. The Morgan fingerprint density at radius 3 is 0.952 bits per heavy atom. The molecule has 0 amide bonds. The molecule has 294 valence electrons. The quantitative estimate of drug-likeness (QED) is 0.165. The Morgan fingerprint density at radius 1 is 0.222 bits per heavy atom. The molecule has 0 fully saturated rings. The van der Waals surface area contributed by atoms with Gasteiger partial charge in [-0.15, -0.1) is 0 Å². The topological polar surface area (TPSA) is 27.7 Å². The molecule has 0 saturated heterocycles. The van der Waals surface area contributed by atoms with Gasteiger partial charge >= 0.3 is 0 Å². The summed E-state index contributed by atoms with van der Waals surface area (Å²) in [6, 6.07) is 83.3. The number of hydrogen-bond donors (Lipinski definition) is 0. The van der Waals surface area contributed by atoms with Gasteiger partial charge in [0.15, 0.2) is 0 Å². The van der Waals surface area contributed by atoms with E-state index in [0.717, 1.165) is 50.7 Å². The van der Waals surface area contributed by atoms with Crippen LogP contribution < -0.4 is 0 Å². The number of pyridine rings is 1. The zero-order valence-corrected chi connectivity index (χ0v) is 34.2. The van der Waals surface area contributed by atoms with Crippen molar-refractivity contribution in [1.29, 1.82) is 0 Å². The van der Waals surface area contributed by atoms with Crippen LogP contribution in [0.1, 0.15) is 0 Å².